The first-order valence-corrected chi connectivity index (χ1v) is 5.88. The van der Waals surface area contributed by atoms with Crippen molar-refractivity contribution >= 4 is 18.5 Å². The van der Waals surface area contributed by atoms with Gasteiger partial charge < -0.3 is 25.6 Å². The smallest absolute Gasteiger partial charge is 0.217 e. The van der Waals surface area contributed by atoms with Gasteiger partial charge in [-0.15, -0.1) is 0 Å². The Balaban J connectivity index is 1.80. The highest BCUT2D eigenvalue weighted by Crippen LogP contribution is 2.30. The second-order valence-electron chi connectivity index (χ2n) is 4.56. The number of fused-ring (bicyclic) bond motifs is 1. The number of nitrogens with zero attached hydrogens (tertiary/aromatic N) is 4. The van der Waals surface area contributed by atoms with Gasteiger partial charge in [0.05, 0.1) is 12.9 Å². The lowest BCUT2D eigenvalue weighted by molar-refractivity contribution is -0.0691. The molecule has 4 N–H and O–H groups in total. The lowest BCUT2D eigenvalue weighted by atomic mass is 10.1. The number of hydrogen-bond donors (Lipinski definition) is 3. The molecule has 0 bridgehead atoms. The number of nitrogens with two attached hydrogens (primary N) is 1. The van der Waals surface area contributed by atoms with Crippen molar-refractivity contribution in [2.75, 3.05) is 6.61 Å². The number of guanidine groups is 1. The Bertz CT molecular complexity index is 456. The van der Waals surface area contributed by atoms with Gasteiger partial charge in [0, 0.05) is 6.21 Å². The third-order valence-electron chi connectivity index (χ3n) is 3.37. The normalized spacial score (nSPS) is 44.6. The van der Waals surface area contributed by atoms with Crippen molar-refractivity contribution in [1.29, 1.82) is 0 Å². The summed E-state index contributed by atoms with van der Waals surface area (Å²) in [5.74, 6) is 0.0874. The first kappa shape index (κ1) is 12.5. The van der Waals surface area contributed by atoms with Crippen molar-refractivity contribution in [1.82, 2.24) is 4.90 Å². The van der Waals surface area contributed by atoms with E-state index in [-0.39, 0.29) is 12.0 Å². The van der Waals surface area contributed by atoms with E-state index in [4.69, 9.17) is 15.6 Å². The number of halogens is 1. The Morgan fingerprint density at radius 3 is 3.00 bits per heavy atom. The minimum atomic E-state index is -1.65. The molecule has 3 aliphatic rings. The molecule has 0 radical (unpaired) electrons. The summed E-state index contributed by atoms with van der Waals surface area (Å²) in [6, 6.07) is -0.339. The van der Waals surface area contributed by atoms with Gasteiger partial charge in [0.25, 0.3) is 0 Å². The molecule has 0 aromatic heterocycles. The highest BCUT2D eigenvalue weighted by molar-refractivity contribution is 5.92. The molecular weight excluding hydrogens is 257 g/mol. The van der Waals surface area contributed by atoms with Crippen molar-refractivity contribution in [3.05, 3.63) is 0 Å². The van der Waals surface area contributed by atoms with E-state index in [0.29, 0.717) is 0 Å². The molecule has 0 aromatic carbocycles. The van der Waals surface area contributed by atoms with Crippen LogP contribution in [0.25, 0.3) is 0 Å². The molecule has 1 fully saturated rings. The zero-order valence-electron chi connectivity index (χ0n) is 9.87. The number of aliphatic imine (C=N–C) groups is 3. The van der Waals surface area contributed by atoms with E-state index in [2.05, 4.69) is 15.0 Å². The first-order chi connectivity index (χ1) is 9.11. The van der Waals surface area contributed by atoms with E-state index in [1.807, 2.05) is 0 Å². The number of ether oxygens (including phenoxy) is 1. The standard InChI is InChI=1S/C10H14FN5O3/c11-6-7(18)5(2-17)19-9(6)16-3-14-4-1-13-10(12)15-8(4)16/h1,3-9,17-18H,2H2,(H2,12,15)/t4?,5-,6-,7-,8?,9-/m1/s1. The summed E-state index contributed by atoms with van der Waals surface area (Å²) in [5.41, 5.74) is 5.51. The SMILES string of the molecule is NC1=NC2C(C=N1)N=CN2[C@@H]1O[C@H](CO)[C@@H](O)[C@H]1F. The monoisotopic (exact) mass is 271 g/mol. The molecule has 0 aliphatic carbocycles. The van der Waals surface area contributed by atoms with Crippen LogP contribution >= 0.6 is 0 Å². The number of aliphatic hydroxyl groups excluding tert-OH is 2. The zero-order valence-corrected chi connectivity index (χ0v) is 9.87. The van der Waals surface area contributed by atoms with Crippen LogP contribution in [0.15, 0.2) is 15.0 Å². The van der Waals surface area contributed by atoms with E-state index >= 15 is 0 Å². The first-order valence-electron chi connectivity index (χ1n) is 5.88. The fourth-order valence-electron chi connectivity index (χ4n) is 2.37. The van der Waals surface area contributed by atoms with Crippen molar-refractivity contribution < 1.29 is 19.3 Å². The maximum atomic E-state index is 14.0. The summed E-state index contributed by atoms with van der Waals surface area (Å²) in [6.07, 6.45) is -2.61. The molecule has 0 saturated carbocycles. The predicted molar refractivity (Wildman–Crippen MR) is 64.7 cm³/mol. The van der Waals surface area contributed by atoms with Crippen LogP contribution in [0.5, 0.6) is 0 Å². The Morgan fingerprint density at radius 2 is 2.32 bits per heavy atom. The van der Waals surface area contributed by atoms with Crippen LogP contribution in [0.1, 0.15) is 0 Å². The third kappa shape index (κ3) is 1.90. The summed E-state index contributed by atoms with van der Waals surface area (Å²) >= 11 is 0. The average molecular weight is 271 g/mol. The molecule has 0 aromatic rings. The van der Waals surface area contributed by atoms with E-state index in [1.165, 1.54) is 17.5 Å². The number of aliphatic hydroxyl groups is 2. The van der Waals surface area contributed by atoms with Gasteiger partial charge in [-0.25, -0.2) is 14.4 Å². The minimum absolute atomic E-state index is 0.0874. The van der Waals surface area contributed by atoms with E-state index in [0.717, 1.165) is 0 Å². The quantitative estimate of drug-likeness (QED) is 0.529. The van der Waals surface area contributed by atoms with Gasteiger partial charge in [-0.05, 0) is 0 Å². The van der Waals surface area contributed by atoms with Gasteiger partial charge in [-0.3, -0.25) is 4.99 Å². The van der Waals surface area contributed by atoms with Crippen LogP contribution in [0.3, 0.4) is 0 Å². The Kier molecular flexibility index (Phi) is 2.96. The van der Waals surface area contributed by atoms with E-state index in [9.17, 15) is 9.50 Å². The second-order valence-corrected chi connectivity index (χ2v) is 4.56. The van der Waals surface area contributed by atoms with E-state index < -0.39 is 37.4 Å². The van der Waals surface area contributed by atoms with Crippen LogP contribution in [0.2, 0.25) is 0 Å². The predicted octanol–water partition coefficient (Wildman–Crippen LogP) is -2.16. The van der Waals surface area contributed by atoms with E-state index in [1.54, 1.807) is 0 Å². The number of hydrogen-bond acceptors (Lipinski definition) is 8. The molecule has 0 spiro atoms. The molecule has 2 unspecified atom stereocenters. The largest absolute Gasteiger partial charge is 0.394 e. The maximum Gasteiger partial charge on any atom is 0.217 e. The molecule has 3 aliphatic heterocycles. The topological polar surface area (TPSA) is 116 Å². The van der Waals surface area contributed by atoms with Gasteiger partial charge in [0.2, 0.25) is 5.96 Å². The lowest BCUT2D eigenvalue weighted by Crippen LogP contribution is -2.48. The zero-order chi connectivity index (χ0) is 13.6. The molecule has 3 rings (SSSR count). The molecular formula is C10H14FN5O3. The van der Waals surface area contributed by atoms with Crippen molar-refractivity contribution in [3.63, 3.8) is 0 Å². The highest BCUT2D eigenvalue weighted by atomic mass is 19.1. The third-order valence-corrected chi connectivity index (χ3v) is 3.37. The number of alkyl halides is 1. The van der Waals surface area contributed by atoms with Crippen LogP contribution < -0.4 is 5.73 Å². The molecule has 6 atom stereocenters. The second kappa shape index (κ2) is 4.51. The summed E-state index contributed by atoms with van der Waals surface area (Å²) in [5, 5.41) is 18.6. The maximum absolute atomic E-state index is 14.0. The highest BCUT2D eigenvalue weighted by Gasteiger charge is 2.50. The van der Waals surface area contributed by atoms with Gasteiger partial charge in [-0.1, -0.05) is 0 Å². The molecule has 9 heteroatoms. The van der Waals surface area contributed by atoms with Crippen molar-refractivity contribution in [2.45, 2.75) is 36.8 Å². The van der Waals surface area contributed by atoms with Crippen LogP contribution in [0.4, 0.5) is 4.39 Å². The fourth-order valence-corrected chi connectivity index (χ4v) is 2.37. The summed E-state index contributed by atoms with van der Waals surface area (Å²) < 4.78 is 19.3. The molecule has 3 heterocycles. The molecule has 0 amide bonds. The van der Waals surface area contributed by atoms with Gasteiger partial charge in [0.15, 0.2) is 18.6 Å². The average Bonchev–Trinajstić information content (AvgIpc) is 2.92. The van der Waals surface area contributed by atoms with Crippen molar-refractivity contribution in [3.8, 4) is 0 Å². The number of rotatable bonds is 2. The minimum Gasteiger partial charge on any atom is -0.394 e. The lowest BCUT2D eigenvalue weighted by Gasteiger charge is -2.30. The molecule has 8 nitrogen and oxygen atoms in total. The summed E-state index contributed by atoms with van der Waals surface area (Å²) in [7, 11) is 0. The Labute approximate surface area is 108 Å². The van der Waals surface area contributed by atoms with Crippen LogP contribution in [-0.4, -0.2) is 77.0 Å². The molecule has 19 heavy (non-hydrogen) atoms. The molecule has 104 valence electrons. The summed E-state index contributed by atoms with van der Waals surface area (Å²) in [6.45, 7) is -0.454. The summed E-state index contributed by atoms with van der Waals surface area (Å²) in [4.78, 5) is 13.5. The van der Waals surface area contributed by atoms with Gasteiger partial charge >= 0.3 is 0 Å². The van der Waals surface area contributed by atoms with Crippen molar-refractivity contribution in [2.24, 2.45) is 20.7 Å². The Hall–Kier alpha value is -1.58. The molecule has 1 saturated heterocycles. The van der Waals surface area contributed by atoms with Crippen LogP contribution in [0, 0.1) is 0 Å². The Morgan fingerprint density at radius 1 is 1.53 bits per heavy atom. The van der Waals surface area contributed by atoms with Crippen LogP contribution in [-0.2, 0) is 4.74 Å². The van der Waals surface area contributed by atoms with Gasteiger partial charge in [-0.2, -0.15) is 0 Å². The van der Waals surface area contributed by atoms with Gasteiger partial charge in [0.1, 0.15) is 18.2 Å². The fraction of sp³-hybridized carbons (Fsp3) is 0.700.